The van der Waals surface area contributed by atoms with Crippen LogP contribution in [0.3, 0.4) is 0 Å². The average Bonchev–Trinajstić information content (AvgIpc) is 2.51. The summed E-state index contributed by atoms with van der Waals surface area (Å²) in [6.45, 7) is 3.43. The Morgan fingerprint density at radius 3 is 2.38 bits per heavy atom. The maximum Gasteiger partial charge on any atom is 0.311 e. The van der Waals surface area contributed by atoms with Crippen LogP contribution in [0.1, 0.15) is 18.1 Å². The van der Waals surface area contributed by atoms with Gasteiger partial charge in [-0.3, -0.25) is 9.59 Å². The number of amides is 1. The summed E-state index contributed by atoms with van der Waals surface area (Å²) in [6.07, 6.45) is -1.03. The molecule has 0 aliphatic carbocycles. The van der Waals surface area contributed by atoms with Gasteiger partial charge in [0.1, 0.15) is 0 Å². The normalized spacial score (nSPS) is 11.7. The minimum atomic E-state index is -0.931. The second-order valence-electron chi connectivity index (χ2n) is 5.37. The zero-order valence-corrected chi connectivity index (χ0v) is 14.8. The fourth-order valence-electron chi connectivity index (χ4n) is 2.10. The first kappa shape index (κ1) is 18.3. The van der Waals surface area contributed by atoms with Gasteiger partial charge in [0, 0.05) is 21.3 Å². The molecule has 0 bridgehead atoms. The smallest absolute Gasteiger partial charge is 0.311 e. The van der Waals surface area contributed by atoms with Gasteiger partial charge >= 0.3 is 5.97 Å². The van der Waals surface area contributed by atoms with E-state index in [-0.39, 0.29) is 6.42 Å². The Bertz CT molecular complexity index is 741. The molecule has 0 saturated carbocycles. The Morgan fingerprint density at radius 2 is 1.75 bits per heavy atom. The number of benzene rings is 2. The number of carbonyl (C=O) groups excluding carboxylic acids is 2. The lowest BCUT2D eigenvalue weighted by molar-refractivity contribution is -0.152. The molecule has 2 aromatic carbocycles. The van der Waals surface area contributed by atoms with Crippen LogP contribution in [0.25, 0.3) is 0 Å². The summed E-state index contributed by atoms with van der Waals surface area (Å²) >= 11 is 12.0. The van der Waals surface area contributed by atoms with Gasteiger partial charge in [-0.25, -0.2) is 0 Å². The number of ether oxygens (including phenoxy) is 1. The lowest BCUT2D eigenvalue weighted by Crippen LogP contribution is -2.30. The highest BCUT2D eigenvalue weighted by Crippen LogP contribution is 2.25. The van der Waals surface area contributed by atoms with Crippen LogP contribution >= 0.6 is 23.2 Å². The highest BCUT2D eigenvalue weighted by molar-refractivity contribution is 6.36. The molecule has 4 nitrogen and oxygen atoms in total. The van der Waals surface area contributed by atoms with Crippen LogP contribution in [-0.2, 0) is 20.7 Å². The summed E-state index contributed by atoms with van der Waals surface area (Å²) in [5.41, 5.74) is 2.15. The van der Waals surface area contributed by atoms with Gasteiger partial charge in [0.15, 0.2) is 6.10 Å². The van der Waals surface area contributed by atoms with Crippen molar-refractivity contribution in [1.82, 2.24) is 0 Å². The molecule has 1 amide bonds. The maximum atomic E-state index is 12.1. The molecule has 0 spiro atoms. The molecule has 2 rings (SSSR count). The third-order valence-electron chi connectivity index (χ3n) is 3.35. The molecule has 0 saturated heterocycles. The molecule has 1 atom stereocenters. The van der Waals surface area contributed by atoms with Crippen molar-refractivity contribution in [3.8, 4) is 0 Å². The van der Waals surface area contributed by atoms with Crippen molar-refractivity contribution in [3.63, 3.8) is 0 Å². The fraction of sp³-hybridized carbons (Fsp3) is 0.222. The standard InChI is InChI=1S/C18H17Cl2NO3/c1-11-5-3-6-13(9-11)21-18(23)12(2)24-17(22)10-14-15(19)7-4-8-16(14)20/h3-9,12H,10H2,1-2H3,(H,21,23)/t12-/m0/s1. The lowest BCUT2D eigenvalue weighted by Gasteiger charge is -2.14. The maximum absolute atomic E-state index is 12.1. The molecular weight excluding hydrogens is 349 g/mol. The summed E-state index contributed by atoms with van der Waals surface area (Å²) in [5, 5.41) is 3.48. The first-order valence-electron chi connectivity index (χ1n) is 7.36. The first-order valence-corrected chi connectivity index (χ1v) is 8.12. The molecule has 0 unspecified atom stereocenters. The topological polar surface area (TPSA) is 55.4 Å². The molecule has 0 aliphatic heterocycles. The lowest BCUT2D eigenvalue weighted by atomic mass is 10.1. The van der Waals surface area contributed by atoms with Gasteiger partial charge in [-0.1, -0.05) is 41.4 Å². The van der Waals surface area contributed by atoms with Gasteiger partial charge < -0.3 is 10.1 Å². The van der Waals surface area contributed by atoms with Gasteiger partial charge in [0.05, 0.1) is 6.42 Å². The Kier molecular flexibility index (Phi) is 6.23. The molecule has 2 aromatic rings. The van der Waals surface area contributed by atoms with Crippen LogP contribution < -0.4 is 5.32 Å². The summed E-state index contributed by atoms with van der Waals surface area (Å²) in [4.78, 5) is 24.1. The molecule has 0 fully saturated rings. The van der Waals surface area contributed by atoms with E-state index >= 15 is 0 Å². The van der Waals surface area contributed by atoms with E-state index in [0.29, 0.717) is 21.3 Å². The van der Waals surface area contributed by atoms with E-state index in [9.17, 15) is 9.59 Å². The minimum absolute atomic E-state index is 0.0967. The molecule has 0 aromatic heterocycles. The van der Waals surface area contributed by atoms with Crippen molar-refractivity contribution in [1.29, 1.82) is 0 Å². The molecule has 24 heavy (non-hydrogen) atoms. The molecule has 0 radical (unpaired) electrons. The van der Waals surface area contributed by atoms with Crippen molar-refractivity contribution in [2.45, 2.75) is 26.4 Å². The Hall–Kier alpha value is -2.04. The van der Waals surface area contributed by atoms with Gasteiger partial charge in [-0.2, -0.15) is 0 Å². The van der Waals surface area contributed by atoms with E-state index in [0.717, 1.165) is 5.56 Å². The van der Waals surface area contributed by atoms with Gasteiger partial charge in [0.2, 0.25) is 0 Å². The summed E-state index contributed by atoms with van der Waals surface area (Å²) < 4.78 is 5.16. The van der Waals surface area contributed by atoms with E-state index in [4.69, 9.17) is 27.9 Å². The number of aryl methyl sites for hydroxylation is 1. The number of hydrogen-bond acceptors (Lipinski definition) is 3. The van der Waals surface area contributed by atoms with E-state index in [2.05, 4.69) is 5.32 Å². The average molecular weight is 366 g/mol. The van der Waals surface area contributed by atoms with Crippen LogP contribution in [0.15, 0.2) is 42.5 Å². The molecule has 1 N–H and O–H groups in total. The van der Waals surface area contributed by atoms with Crippen molar-refractivity contribution in [3.05, 3.63) is 63.6 Å². The van der Waals surface area contributed by atoms with Crippen molar-refractivity contribution in [2.75, 3.05) is 5.32 Å². The Labute approximate surface area is 150 Å². The predicted octanol–water partition coefficient (Wildman–Crippen LogP) is 4.41. The summed E-state index contributed by atoms with van der Waals surface area (Å²) in [5.74, 6) is -0.976. The third-order valence-corrected chi connectivity index (χ3v) is 4.05. The van der Waals surface area contributed by atoms with Crippen LogP contribution in [0, 0.1) is 6.92 Å². The summed E-state index contributed by atoms with van der Waals surface area (Å²) in [6, 6.07) is 12.3. The van der Waals surface area contributed by atoms with Crippen molar-refractivity contribution < 1.29 is 14.3 Å². The largest absolute Gasteiger partial charge is 0.452 e. The minimum Gasteiger partial charge on any atom is -0.452 e. The van der Waals surface area contributed by atoms with Crippen LogP contribution in [0.5, 0.6) is 0 Å². The third kappa shape index (κ3) is 4.98. The number of esters is 1. The SMILES string of the molecule is Cc1cccc(NC(=O)[C@H](C)OC(=O)Cc2c(Cl)cccc2Cl)c1. The van der Waals surface area contributed by atoms with E-state index in [1.165, 1.54) is 6.92 Å². The zero-order chi connectivity index (χ0) is 17.7. The van der Waals surface area contributed by atoms with Crippen LogP contribution in [-0.4, -0.2) is 18.0 Å². The molecule has 0 heterocycles. The zero-order valence-electron chi connectivity index (χ0n) is 13.3. The summed E-state index contributed by atoms with van der Waals surface area (Å²) in [7, 11) is 0. The van der Waals surface area contributed by atoms with E-state index < -0.39 is 18.0 Å². The molecule has 6 heteroatoms. The number of anilines is 1. The highest BCUT2D eigenvalue weighted by atomic mass is 35.5. The number of rotatable bonds is 5. The van der Waals surface area contributed by atoms with Crippen LogP contribution in [0.4, 0.5) is 5.69 Å². The number of halogens is 2. The number of hydrogen-bond donors (Lipinski definition) is 1. The van der Waals surface area contributed by atoms with Gasteiger partial charge in [-0.15, -0.1) is 0 Å². The molecular formula is C18H17Cl2NO3. The van der Waals surface area contributed by atoms with Crippen molar-refractivity contribution >= 4 is 40.8 Å². The number of carbonyl (C=O) groups is 2. The second kappa shape index (κ2) is 8.18. The second-order valence-corrected chi connectivity index (χ2v) is 6.18. The van der Waals surface area contributed by atoms with Crippen molar-refractivity contribution in [2.24, 2.45) is 0 Å². The van der Waals surface area contributed by atoms with E-state index in [1.54, 1.807) is 24.3 Å². The molecule has 0 aliphatic rings. The quantitative estimate of drug-likeness (QED) is 0.798. The van der Waals surface area contributed by atoms with Gasteiger partial charge in [-0.05, 0) is 43.7 Å². The Morgan fingerprint density at radius 1 is 1.12 bits per heavy atom. The monoisotopic (exact) mass is 365 g/mol. The first-order chi connectivity index (χ1) is 11.4. The predicted molar refractivity (Wildman–Crippen MR) is 95.5 cm³/mol. The fourth-order valence-corrected chi connectivity index (χ4v) is 2.64. The van der Waals surface area contributed by atoms with E-state index in [1.807, 2.05) is 25.1 Å². The van der Waals surface area contributed by atoms with Gasteiger partial charge in [0.25, 0.3) is 5.91 Å². The highest BCUT2D eigenvalue weighted by Gasteiger charge is 2.19. The molecule has 126 valence electrons. The van der Waals surface area contributed by atoms with Crippen LogP contribution in [0.2, 0.25) is 10.0 Å². The number of nitrogens with one attached hydrogen (secondary N) is 1. The Balaban J connectivity index is 1.94.